The zero-order chi connectivity index (χ0) is 17.3. The van der Waals surface area contributed by atoms with Gasteiger partial charge in [-0.15, -0.1) is 0 Å². The van der Waals surface area contributed by atoms with E-state index < -0.39 is 18.1 Å². The minimum atomic E-state index is -0.533. The number of urea groups is 1. The van der Waals surface area contributed by atoms with Crippen molar-refractivity contribution in [2.75, 3.05) is 6.54 Å². The molecule has 0 saturated carbocycles. The highest BCUT2D eigenvalue weighted by Gasteiger charge is 2.45. The lowest BCUT2D eigenvalue weighted by Crippen LogP contribution is -2.60. The molecule has 1 aromatic rings. The molecule has 2 saturated heterocycles. The van der Waals surface area contributed by atoms with Gasteiger partial charge in [0.1, 0.15) is 17.9 Å². The fourth-order valence-corrected chi connectivity index (χ4v) is 3.12. The number of carbonyl (C=O) groups excluding carboxylic acids is 3. The Labute approximate surface area is 138 Å². The third-order valence-electron chi connectivity index (χ3n) is 4.29. The Morgan fingerprint density at radius 1 is 1.42 bits per heavy atom. The number of fused-ring (bicyclic) bond motifs is 1. The standard InChI is InChI=1S/C16H19FN4O3/c1-9-15(23)21-8-12(6-13(21)14(22)19-9)20-16(24)18-7-10-3-2-4-11(17)5-10/h2-5,9,12-13H,6-8H2,1H3,(H,19,22)(H2,18,20,24)/t9-,12-,13-/m0/s1. The van der Waals surface area contributed by atoms with Gasteiger partial charge in [0.05, 0.1) is 6.04 Å². The first-order valence-electron chi connectivity index (χ1n) is 7.83. The largest absolute Gasteiger partial charge is 0.343 e. The normalized spacial score (nSPS) is 25.9. The molecule has 2 aliphatic heterocycles. The molecule has 24 heavy (non-hydrogen) atoms. The van der Waals surface area contributed by atoms with E-state index >= 15 is 0 Å². The summed E-state index contributed by atoms with van der Waals surface area (Å²) in [5.74, 6) is -0.684. The number of hydrogen-bond acceptors (Lipinski definition) is 3. The van der Waals surface area contributed by atoms with Gasteiger partial charge in [0, 0.05) is 13.1 Å². The molecular formula is C16H19FN4O3. The first-order chi connectivity index (χ1) is 11.4. The second kappa shape index (κ2) is 6.46. The van der Waals surface area contributed by atoms with Crippen LogP contribution in [0.5, 0.6) is 0 Å². The fraction of sp³-hybridized carbons (Fsp3) is 0.438. The molecule has 0 unspecified atom stereocenters. The lowest BCUT2D eigenvalue weighted by atomic mass is 10.1. The number of piperazine rings is 1. The van der Waals surface area contributed by atoms with Crippen molar-refractivity contribution >= 4 is 17.8 Å². The third kappa shape index (κ3) is 3.32. The molecule has 2 fully saturated rings. The number of benzene rings is 1. The lowest BCUT2D eigenvalue weighted by molar-refractivity contribution is -0.146. The molecule has 1 aromatic carbocycles. The fourth-order valence-electron chi connectivity index (χ4n) is 3.12. The number of hydrogen-bond donors (Lipinski definition) is 3. The average molecular weight is 334 g/mol. The molecule has 0 bridgehead atoms. The predicted octanol–water partition coefficient (Wildman–Crippen LogP) is 0.113. The van der Waals surface area contributed by atoms with E-state index in [0.29, 0.717) is 18.5 Å². The molecular weight excluding hydrogens is 315 g/mol. The number of nitrogens with zero attached hydrogens (tertiary/aromatic N) is 1. The maximum absolute atomic E-state index is 13.1. The lowest BCUT2D eigenvalue weighted by Gasteiger charge is -2.32. The Bertz CT molecular complexity index is 681. The number of carbonyl (C=O) groups is 3. The van der Waals surface area contributed by atoms with Gasteiger partial charge in [0.15, 0.2) is 0 Å². The van der Waals surface area contributed by atoms with Crippen LogP contribution >= 0.6 is 0 Å². The van der Waals surface area contributed by atoms with E-state index in [-0.39, 0.29) is 30.2 Å². The topological polar surface area (TPSA) is 90.5 Å². The highest BCUT2D eigenvalue weighted by atomic mass is 19.1. The highest BCUT2D eigenvalue weighted by Crippen LogP contribution is 2.22. The van der Waals surface area contributed by atoms with Gasteiger partial charge in [0.2, 0.25) is 11.8 Å². The molecule has 2 heterocycles. The van der Waals surface area contributed by atoms with Crippen molar-refractivity contribution in [2.24, 2.45) is 0 Å². The number of nitrogens with one attached hydrogen (secondary N) is 3. The maximum atomic E-state index is 13.1. The zero-order valence-corrected chi connectivity index (χ0v) is 13.2. The molecule has 2 aliphatic rings. The monoisotopic (exact) mass is 334 g/mol. The second-order valence-electron chi connectivity index (χ2n) is 6.13. The number of rotatable bonds is 3. The summed E-state index contributed by atoms with van der Waals surface area (Å²) in [6, 6.07) is 4.21. The second-order valence-corrected chi connectivity index (χ2v) is 6.13. The molecule has 0 radical (unpaired) electrons. The van der Waals surface area contributed by atoms with Crippen molar-refractivity contribution in [1.82, 2.24) is 20.9 Å². The van der Waals surface area contributed by atoms with E-state index in [2.05, 4.69) is 16.0 Å². The van der Waals surface area contributed by atoms with E-state index in [0.717, 1.165) is 0 Å². The van der Waals surface area contributed by atoms with Crippen LogP contribution in [-0.2, 0) is 16.1 Å². The SMILES string of the molecule is C[C@@H]1NC(=O)[C@@H]2C[C@H](NC(=O)NCc3cccc(F)c3)CN2C1=O. The van der Waals surface area contributed by atoms with Crippen molar-refractivity contribution in [3.8, 4) is 0 Å². The van der Waals surface area contributed by atoms with Crippen LogP contribution in [0.1, 0.15) is 18.9 Å². The summed E-state index contributed by atoms with van der Waals surface area (Å²) in [6.45, 7) is 2.15. The summed E-state index contributed by atoms with van der Waals surface area (Å²) in [7, 11) is 0. The molecule has 0 spiro atoms. The van der Waals surface area contributed by atoms with Crippen molar-refractivity contribution in [3.63, 3.8) is 0 Å². The summed E-state index contributed by atoms with van der Waals surface area (Å²) in [4.78, 5) is 37.5. The van der Waals surface area contributed by atoms with Crippen LogP contribution < -0.4 is 16.0 Å². The van der Waals surface area contributed by atoms with E-state index in [1.807, 2.05) is 0 Å². The van der Waals surface area contributed by atoms with Crippen molar-refractivity contribution < 1.29 is 18.8 Å². The van der Waals surface area contributed by atoms with E-state index in [4.69, 9.17) is 0 Å². The van der Waals surface area contributed by atoms with Gasteiger partial charge < -0.3 is 20.9 Å². The van der Waals surface area contributed by atoms with Crippen LogP contribution in [0.25, 0.3) is 0 Å². The average Bonchev–Trinajstić information content (AvgIpc) is 2.95. The number of amides is 4. The van der Waals surface area contributed by atoms with Crippen LogP contribution in [0.2, 0.25) is 0 Å². The molecule has 8 heteroatoms. The zero-order valence-electron chi connectivity index (χ0n) is 13.2. The summed E-state index contributed by atoms with van der Waals surface area (Å²) in [5.41, 5.74) is 0.650. The van der Waals surface area contributed by atoms with Gasteiger partial charge in [-0.05, 0) is 31.0 Å². The number of halogens is 1. The van der Waals surface area contributed by atoms with Crippen LogP contribution in [0.3, 0.4) is 0 Å². The van der Waals surface area contributed by atoms with E-state index in [1.165, 1.54) is 17.0 Å². The van der Waals surface area contributed by atoms with Crippen LogP contribution in [-0.4, -0.2) is 47.4 Å². The van der Waals surface area contributed by atoms with Crippen molar-refractivity contribution in [2.45, 2.75) is 38.0 Å². The molecule has 0 aliphatic carbocycles. The van der Waals surface area contributed by atoms with Crippen LogP contribution in [0.15, 0.2) is 24.3 Å². The smallest absolute Gasteiger partial charge is 0.315 e. The molecule has 3 atom stereocenters. The van der Waals surface area contributed by atoms with Gasteiger partial charge in [-0.3, -0.25) is 9.59 Å². The van der Waals surface area contributed by atoms with Gasteiger partial charge in [-0.2, -0.15) is 0 Å². The van der Waals surface area contributed by atoms with Gasteiger partial charge >= 0.3 is 6.03 Å². The summed E-state index contributed by atoms with van der Waals surface area (Å²) < 4.78 is 13.1. The Hall–Kier alpha value is -2.64. The van der Waals surface area contributed by atoms with E-state index in [1.54, 1.807) is 19.1 Å². The highest BCUT2D eigenvalue weighted by molar-refractivity contribution is 5.97. The van der Waals surface area contributed by atoms with Gasteiger partial charge in [0.25, 0.3) is 0 Å². The Morgan fingerprint density at radius 2 is 2.21 bits per heavy atom. The van der Waals surface area contributed by atoms with Crippen molar-refractivity contribution in [1.29, 1.82) is 0 Å². The minimum absolute atomic E-state index is 0.135. The molecule has 4 amide bonds. The Kier molecular flexibility index (Phi) is 4.37. The van der Waals surface area contributed by atoms with Crippen LogP contribution in [0.4, 0.5) is 9.18 Å². The predicted molar refractivity (Wildman–Crippen MR) is 83.3 cm³/mol. The molecule has 128 valence electrons. The maximum Gasteiger partial charge on any atom is 0.315 e. The minimum Gasteiger partial charge on any atom is -0.343 e. The van der Waals surface area contributed by atoms with Gasteiger partial charge in [-0.1, -0.05) is 12.1 Å². The van der Waals surface area contributed by atoms with E-state index in [9.17, 15) is 18.8 Å². The first kappa shape index (κ1) is 16.2. The third-order valence-corrected chi connectivity index (χ3v) is 4.29. The Balaban J connectivity index is 1.52. The summed E-state index contributed by atoms with van der Waals surface area (Å²) >= 11 is 0. The molecule has 0 aromatic heterocycles. The summed E-state index contributed by atoms with van der Waals surface area (Å²) in [5, 5.41) is 8.04. The summed E-state index contributed by atoms with van der Waals surface area (Å²) in [6.07, 6.45) is 0.387. The van der Waals surface area contributed by atoms with Gasteiger partial charge in [-0.25, -0.2) is 9.18 Å². The first-order valence-corrected chi connectivity index (χ1v) is 7.83. The van der Waals surface area contributed by atoms with Crippen molar-refractivity contribution in [3.05, 3.63) is 35.6 Å². The quantitative estimate of drug-likeness (QED) is 0.733. The molecule has 3 rings (SSSR count). The Morgan fingerprint density at radius 3 is 2.96 bits per heavy atom. The van der Waals surface area contributed by atoms with Crippen LogP contribution in [0, 0.1) is 5.82 Å². The molecule has 7 nitrogen and oxygen atoms in total. The molecule has 3 N–H and O–H groups in total.